The van der Waals surface area contributed by atoms with Crippen molar-refractivity contribution in [3.05, 3.63) is 16.0 Å². The predicted octanol–water partition coefficient (Wildman–Crippen LogP) is 2.08. The topological polar surface area (TPSA) is 29.0 Å². The van der Waals surface area contributed by atoms with Gasteiger partial charge in [-0.05, 0) is 22.6 Å². The lowest BCUT2D eigenvalue weighted by Crippen LogP contribution is -2.32. The summed E-state index contributed by atoms with van der Waals surface area (Å²) in [4.78, 5) is 8.49. The summed E-state index contributed by atoms with van der Waals surface area (Å²) in [5, 5.41) is 0. The van der Waals surface area contributed by atoms with E-state index in [0.717, 1.165) is 8.47 Å². The third-order valence-electron chi connectivity index (χ3n) is 1.36. The van der Waals surface area contributed by atoms with Gasteiger partial charge >= 0.3 is 6.18 Å². The third-order valence-corrected chi connectivity index (χ3v) is 1.92. The monoisotopic (exact) mass is 317 g/mol. The maximum absolute atomic E-state index is 12.0. The Morgan fingerprint density at radius 2 is 1.86 bits per heavy atom. The van der Waals surface area contributed by atoms with Gasteiger partial charge in [-0.15, -0.1) is 0 Å². The highest BCUT2D eigenvalue weighted by atomic mass is 127. The van der Waals surface area contributed by atoms with Crippen LogP contribution in [-0.4, -0.2) is 29.7 Å². The number of hydrogen-bond acceptors (Lipinski definition) is 3. The molecule has 0 aromatic carbocycles. The van der Waals surface area contributed by atoms with Crippen LogP contribution in [0.15, 0.2) is 12.4 Å². The maximum atomic E-state index is 12.0. The minimum Gasteiger partial charge on any atom is -0.335 e. The second-order valence-electron chi connectivity index (χ2n) is 2.67. The summed E-state index contributed by atoms with van der Waals surface area (Å²) in [6, 6.07) is 0. The lowest BCUT2D eigenvalue weighted by atomic mass is 10.5. The first-order valence-corrected chi connectivity index (χ1v) is 4.72. The zero-order valence-electron chi connectivity index (χ0n) is 7.22. The second-order valence-corrected chi connectivity index (χ2v) is 3.92. The van der Waals surface area contributed by atoms with E-state index in [-0.39, 0.29) is 5.95 Å². The van der Waals surface area contributed by atoms with Crippen LogP contribution in [0.1, 0.15) is 0 Å². The zero-order chi connectivity index (χ0) is 10.8. The highest BCUT2D eigenvalue weighted by molar-refractivity contribution is 14.1. The molecule has 0 aliphatic heterocycles. The number of rotatable bonds is 2. The Labute approximate surface area is 92.5 Å². The lowest BCUT2D eigenvalue weighted by Gasteiger charge is -2.18. The van der Waals surface area contributed by atoms with E-state index in [1.807, 2.05) is 22.6 Å². The van der Waals surface area contributed by atoms with E-state index in [1.54, 1.807) is 0 Å². The highest BCUT2D eigenvalue weighted by Gasteiger charge is 2.30. The van der Waals surface area contributed by atoms with Gasteiger partial charge in [0.2, 0.25) is 5.95 Å². The fourth-order valence-electron chi connectivity index (χ4n) is 0.842. The van der Waals surface area contributed by atoms with E-state index >= 15 is 0 Å². The molecule has 1 aromatic heterocycles. The van der Waals surface area contributed by atoms with Crippen LogP contribution >= 0.6 is 22.6 Å². The molecule has 0 atom stereocenters. The first-order valence-electron chi connectivity index (χ1n) is 3.64. The summed E-state index contributed by atoms with van der Waals surface area (Å²) < 4.78 is 36.7. The molecule has 1 aromatic rings. The van der Waals surface area contributed by atoms with Crippen molar-refractivity contribution in [2.45, 2.75) is 6.18 Å². The van der Waals surface area contributed by atoms with Crippen molar-refractivity contribution in [1.29, 1.82) is 0 Å². The van der Waals surface area contributed by atoms with Crippen LogP contribution in [0.4, 0.5) is 19.1 Å². The van der Waals surface area contributed by atoms with Crippen LogP contribution in [0.5, 0.6) is 0 Å². The van der Waals surface area contributed by atoms with Crippen molar-refractivity contribution in [1.82, 2.24) is 9.97 Å². The lowest BCUT2D eigenvalue weighted by molar-refractivity contribution is -0.119. The van der Waals surface area contributed by atoms with Crippen molar-refractivity contribution < 1.29 is 13.2 Å². The number of alkyl halides is 3. The first kappa shape index (κ1) is 11.5. The summed E-state index contributed by atoms with van der Waals surface area (Å²) in [6.45, 7) is -1.05. The van der Waals surface area contributed by atoms with E-state index in [4.69, 9.17) is 0 Å². The van der Waals surface area contributed by atoms with E-state index in [1.165, 1.54) is 19.4 Å². The van der Waals surface area contributed by atoms with Crippen LogP contribution in [0.2, 0.25) is 0 Å². The predicted molar refractivity (Wildman–Crippen MR) is 54.1 cm³/mol. The molecule has 3 nitrogen and oxygen atoms in total. The van der Waals surface area contributed by atoms with Gasteiger partial charge in [0.05, 0.1) is 0 Å². The average molecular weight is 317 g/mol. The Hall–Kier alpha value is -0.600. The minimum absolute atomic E-state index is 0.0720. The molecule has 7 heteroatoms. The summed E-state index contributed by atoms with van der Waals surface area (Å²) >= 11 is 1.98. The molecule has 0 fully saturated rings. The van der Waals surface area contributed by atoms with Gasteiger partial charge in [-0.25, -0.2) is 9.97 Å². The molecule has 0 saturated carbocycles. The van der Waals surface area contributed by atoms with Crippen LogP contribution in [0, 0.1) is 3.57 Å². The summed E-state index contributed by atoms with van der Waals surface area (Å²) in [5.74, 6) is 0.0720. The van der Waals surface area contributed by atoms with Gasteiger partial charge < -0.3 is 4.90 Å². The van der Waals surface area contributed by atoms with Gasteiger partial charge in [-0.2, -0.15) is 13.2 Å². The standard InChI is InChI=1S/C7H7F3IN3/c1-14(4-7(8,9)10)6-12-2-5(11)3-13-6/h2-3H,4H2,1H3. The quantitative estimate of drug-likeness (QED) is 0.782. The number of halogens is 4. The SMILES string of the molecule is CN(CC(F)(F)F)c1ncc(I)cn1. The van der Waals surface area contributed by atoms with Gasteiger partial charge in [0.25, 0.3) is 0 Å². The van der Waals surface area contributed by atoms with Crippen LogP contribution < -0.4 is 4.90 Å². The molecule has 0 spiro atoms. The van der Waals surface area contributed by atoms with Gasteiger partial charge in [0, 0.05) is 23.0 Å². The molecule has 0 N–H and O–H groups in total. The Bertz CT molecular complexity index is 298. The van der Waals surface area contributed by atoms with Crippen molar-refractivity contribution in [2.75, 3.05) is 18.5 Å². The molecule has 14 heavy (non-hydrogen) atoms. The minimum atomic E-state index is -4.24. The molecular formula is C7H7F3IN3. The second kappa shape index (κ2) is 4.28. The average Bonchev–Trinajstić information content (AvgIpc) is 2.02. The van der Waals surface area contributed by atoms with E-state index in [2.05, 4.69) is 9.97 Å². The van der Waals surface area contributed by atoms with Gasteiger partial charge in [-0.1, -0.05) is 0 Å². The number of anilines is 1. The molecule has 0 saturated heterocycles. The van der Waals surface area contributed by atoms with Crippen molar-refractivity contribution in [3.63, 3.8) is 0 Å². The fourth-order valence-corrected chi connectivity index (χ4v) is 1.12. The zero-order valence-corrected chi connectivity index (χ0v) is 9.37. The molecule has 1 rings (SSSR count). The Balaban J connectivity index is 2.70. The third kappa shape index (κ3) is 3.64. The largest absolute Gasteiger partial charge is 0.406 e. The van der Waals surface area contributed by atoms with Crippen molar-refractivity contribution in [3.8, 4) is 0 Å². The Morgan fingerprint density at radius 3 is 2.29 bits per heavy atom. The number of aromatic nitrogens is 2. The van der Waals surface area contributed by atoms with E-state index < -0.39 is 12.7 Å². The van der Waals surface area contributed by atoms with Crippen molar-refractivity contribution >= 4 is 28.5 Å². The Morgan fingerprint density at radius 1 is 1.36 bits per heavy atom. The molecule has 0 unspecified atom stereocenters. The molecule has 1 heterocycles. The van der Waals surface area contributed by atoms with Crippen LogP contribution in [0.3, 0.4) is 0 Å². The number of nitrogens with zero attached hydrogens (tertiary/aromatic N) is 3. The summed E-state index contributed by atoms with van der Waals surface area (Å²) in [5.41, 5.74) is 0. The molecule has 0 amide bonds. The van der Waals surface area contributed by atoms with Gasteiger partial charge in [0.15, 0.2) is 0 Å². The normalized spacial score (nSPS) is 11.5. The molecule has 78 valence electrons. The highest BCUT2D eigenvalue weighted by Crippen LogP contribution is 2.18. The maximum Gasteiger partial charge on any atom is 0.406 e. The van der Waals surface area contributed by atoms with Gasteiger partial charge in [-0.3, -0.25) is 0 Å². The summed E-state index contributed by atoms with van der Waals surface area (Å²) in [7, 11) is 1.30. The van der Waals surface area contributed by atoms with E-state index in [0.29, 0.717) is 0 Å². The van der Waals surface area contributed by atoms with E-state index in [9.17, 15) is 13.2 Å². The molecular weight excluding hydrogens is 310 g/mol. The smallest absolute Gasteiger partial charge is 0.335 e. The Kier molecular flexibility index (Phi) is 3.51. The molecule has 0 bridgehead atoms. The molecule has 0 radical (unpaired) electrons. The van der Waals surface area contributed by atoms with Crippen LogP contribution in [0.25, 0.3) is 0 Å². The van der Waals surface area contributed by atoms with Crippen LogP contribution in [-0.2, 0) is 0 Å². The number of hydrogen-bond donors (Lipinski definition) is 0. The van der Waals surface area contributed by atoms with Crippen molar-refractivity contribution in [2.24, 2.45) is 0 Å². The summed E-state index contributed by atoms with van der Waals surface area (Å²) in [6.07, 6.45) is -1.30. The first-order chi connectivity index (χ1) is 6.38. The molecule has 0 aliphatic carbocycles. The van der Waals surface area contributed by atoms with Gasteiger partial charge in [0.1, 0.15) is 6.54 Å². The fraction of sp³-hybridized carbons (Fsp3) is 0.429. The molecule has 0 aliphatic rings.